The van der Waals surface area contributed by atoms with Crippen molar-refractivity contribution in [2.45, 2.75) is 45.1 Å². The van der Waals surface area contributed by atoms with E-state index in [-0.39, 0.29) is 12.0 Å². The number of carbonyl (C=O) groups is 1. The monoisotopic (exact) mass is 273 g/mol. The van der Waals surface area contributed by atoms with Crippen molar-refractivity contribution >= 4 is 17.2 Å². The van der Waals surface area contributed by atoms with Gasteiger partial charge >= 0.3 is 0 Å². The molecule has 0 spiro atoms. The number of ether oxygens (including phenoxy) is 1. The molecule has 0 amide bonds. The van der Waals surface area contributed by atoms with E-state index in [9.17, 15) is 4.79 Å². The van der Waals surface area contributed by atoms with Crippen LogP contribution in [-0.4, -0.2) is 11.9 Å². The molecule has 1 fully saturated rings. The van der Waals surface area contributed by atoms with Gasteiger partial charge in [0.25, 0.3) is 0 Å². The molecule has 1 aliphatic carbocycles. The van der Waals surface area contributed by atoms with E-state index in [1.54, 1.807) is 0 Å². The van der Waals surface area contributed by atoms with Crippen LogP contribution in [0.15, 0.2) is 30.8 Å². The Kier molecular flexibility index (Phi) is 4.83. The summed E-state index contributed by atoms with van der Waals surface area (Å²) in [6.45, 7) is 5.92. The Bertz CT molecular complexity index is 478. The van der Waals surface area contributed by atoms with Crippen LogP contribution >= 0.6 is 0 Å². The molecule has 1 unspecified atom stereocenters. The van der Waals surface area contributed by atoms with Crippen molar-refractivity contribution in [2.24, 2.45) is 5.92 Å². The van der Waals surface area contributed by atoms with Gasteiger partial charge in [0.1, 0.15) is 11.5 Å². The first-order valence-corrected chi connectivity index (χ1v) is 7.34. The summed E-state index contributed by atoms with van der Waals surface area (Å²) in [6.07, 6.45) is 4.60. The zero-order valence-corrected chi connectivity index (χ0v) is 12.1. The largest absolute Gasteiger partial charge is 0.490 e. The third kappa shape index (κ3) is 3.62. The van der Waals surface area contributed by atoms with Crippen LogP contribution in [0.5, 0.6) is 0 Å². The quantitative estimate of drug-likeness (QED) is 0.656. The molecule has 3 heteroatoms. The summed E-state index contributed by atoms with van der Waals surface area (Å²) in [7, 11) is 0. The molecule has 0 bridgehead atoms. The fourth-order valence-corrected chi connectivity index (χ4v) is 2.77. The Morgan fingerprint density at radius 3 is 2.70 bits per heavy atom. The van der Waals surface area contributed by atoms with Crippen LogP contribution in [0.3, 0.4) is 0 Å². The van der Waals surface area contributed by atoms with Gasteiger partial charge in [-0.25, -0.2) is 0 Å². The lowest BCUT2D eigenvalue weighted by Crippen LogP contribution is -2.27. The molecule has 1 saturated carbocycles. The van der Waals surface area contributed by atoms with Crippen LogP contribution in [0.2, 0.25) is 0 Å². The molecule has 0 radical (unpaired) electrons. The first kappa shape index (κ1) is 14.6. The van der Waals surface area contributed by atoms with Gasteiger partial charge in [-0.15, -0.1) is 0 Å². The zero-order valence-electron chi connectivity index (χ0n) is 12.1. The normalized spacial score (nSPS) is 22.2. The molecule has 2 N–H and O–H groups in total. The van der Waals surface area contributed by atoms with Gasteiger partial charge in [0.15, 0.2) is 0 Å². The van der Waals surface area contributed by atoms with E-state index in [4.69, 9.17) is 10.5 Å². The summed E-state index contributed by atoms with van der Waals surface area (Å²) in [6, 6.07) is 7.51. The predicted molar refractivity (Wildman–Crippen MR) is 82.0 cm³/mol. The molecule has 2 atom stereocenters. The number of hydrogen-bond donors (Lipinski definition) is 1. The molecule has 20 heavy (non-hydrogen) atoms. The standard InChI is InChI=1S/C17H23NO2/c1-3-17(19)14-5-4-6-16(11-14)20-12(2)13-7-9-15(18)10-8-13/h7-10,14,16H,2-6,11,18H2,1H3/t14-,16?/m0/s1. The van der Waals surface area contributed by atoms with E-state index in [0.717, 1.165) is 36.9 Å². The summed E-state index contributed by atoms with van der Waals surface area (Å²) in [4.78, 5) is 11.8. The summed E-state index contributed by atoms with van der Waals surface area (Å²) >= 11 is 0. The van der Waals surface area contributed by atoms with Crippen molar-refractivity contribution in [2.75, 3.05) is 5.73 Å². The minimum absolute atomic E-state index is 0.106. The van der Waals surface area contributed by atoms with Crippen molar-refractivity contribution in [3.05, 3.63) is 36.4 Å². The van der Waals surface area contributed by atoms with E-state index >= 15 is 0 Å². The Balaban J connectivity index is 1.94. The molecule has 1 aromatic carbocycles. The fourth-order valence-electron chi connectivity index (χ4n) is 2.77. The number of anilines is 1. The van der Waals surface area contributed by atoms with Gasteiger partial charge in [-0.1, -0.05) is 13.5 Å². The van der Waals surface area contributed by atoms with Crippen molar-refractivity contribution < 1.29 is 9.53 Å². The van der Waals surface area contributed by atoms with Crippen LogP contribution in [-0.2, 0) is 9.53 Å². The number of carbonyl (C=O) groups excluding carboxylic acids is 1. The Hall–Kier alpha value is -1.77. The smallest absolute Gasteiger partial charge is 0.135 e. The van der Waals surface area contributed by atoms with Crippen LogP contribution in [0.1, 0.15) is 44.6 Å². The first-order valence-electron chi connectivity index (χ1n) is 7.34. The molecule has 0 aromatic heterocycles. The maximum Gasteiger partial charge on any atom is 0.135 e. The highest BCUT2D eigenvalue weighted by molar-refractivity contribution is 5.80. The van der Waals surface area contributed by atoms with Crippen molar-refractivity contribution in [3.8, 4) is 0 Å². The number of Topliss-reactive ketones (excluding diaryl/α,β-unsaturated/α-hetero) is 1. The Morgan fingerprint density at radius 1 is 1.35 bits per heavy atom. The second-order valence-electron chi connectivity index (χ2n) is 5.47. The van der Waals surface area contributed by atoms with Crippen LogP contribution in [0, 0.1) is 5.92 Å². The van der Waals surface area contributed by atoms with Crippen LogP contribution in [0.25, 0.3) is 5.76 Å². The lowest BCUT2D eigenvalue weighted by Gasteiger charge is -2.29. The summed E-state index contributed by atoms with van der Waals surface area (Å²) in [5.74, 6) is 1.19. The van der Waals surface area contributed by atoms with Gasteiger partial charge in [-0.2, -0.15) is 0 Å². The second-order valence-corrected chi connectivity index (χ2v) is 5.47. The van der Waals surface area contributed by atoms with Gasteiger partial charge in [-0.05, 0) is 49.9 Å². The summed E-state index contributed by atoms with van der Waals surface area (Å²) in [5, 5.41) is 0. The number of ketones is 1. The molecule has 0 heterocycles. The predicted octanol–water partition coefficient (Wildman–Crippen LogP) is 3.79. The molecular formula is C17H23NO2. The molecule has 3 nitrogen and oxygen atoms in total. The maximum atomic E-state index is 11.8. The number of nitrogen functional groups attached to an aromatic ring is 1. The van der Waals surface area contributed by atoms with Gasteiger partial charge < -0.3 is 10.5 Å². The van der Waals surface area contributed by atoms with Gasteiger partial charge in [0.05, 0.1) is 6.10 Å². The van der Waals surface area contributed by atoms with Crippen molar-refractivity contribution in [1.29, 1.82) is 0 Å². The molecular weight excluding hydrogens is 250 g/mol. The number of nitrogens with two attached hydrogens (primary N) is 1. The third-order valence-corrected chi connectivity index (χ3v) is 3.97. The average molecular weight is 273 g/mol. The second kappa shape index (κ2) is 6.60. The van der Waals surface area contributed by atoms with E-state index in [2.05, 4.69) is 6.58 Å². The van der Waals surface area contributed by atoms with Gasteiger partial charge in [0.2, 0.25) is 0 Å². The van der Waals surface area contributed by atoms with E-state index in [0.29, 0.717) is 18.0 Å². The lowest BCUT2D eigenvalue weighted by atomic mass is 9.83. The Labute approximate surface area is 120 Å². The summed E-state index contributed by atoms with van der Waals surface area (Å²) in [5.41, 5.74) is 7.35. The van der Waals surface area contributed by atoms with E-state index in [1.165, 1.54) is 0 Å². The number of hydrogen-bond acceptors (Lipinski definition) is 3. The van der Waals surface area contributed by atoms with Gasteiger partial charge in [0, 0.05) is 23.6 Å². The van der Waals surface area contributed by atoms with Gasteiger partial charge in [-0.3, -0.25) is 4.79 Å². The minimum Gasteiger partial charge on any atom is -0.490 e. The maximum absolute atomic E-state index is 11.8. The van der Waals surface area contributed by atoms with Crippen LogP contribution in [0.4, 0.5) is 5.69 Å². The molecule has 2 rings (SSSR count). The topological polar surface area (TPSA) is 52.3 Å². The van der Waals surface area contributed by atoms with E-state index in [1.807, 2.05) is 31.2 Å². The first-order chi connectivity index (χ1) is 9.60. The van der Waals surface area contributed by atoms with E-state index < -0.39 is 0 Å². The molecule has 1 aliphatic rings. The third-order valence-electron chi connectivity index (χ3n) is 3.97. The zero-order chi connectivity index (χ0) is 14.5. The average Bonchev–Trinajstić information content (AvgIpc) is 2.47. The minimum atomic E-state index is 0.106. The van der Waals surface area contributed by atoms with Crippen molar-refractivity contribution in [3.63, 3.8) is 0 Å². The van der Waals surface area contributed by atoms with Crippen LogP contribution < -0.4 is 5.73 Å². The lowest BCUT2D eigenvalue weighted by molar-refractivity contribution is -0.124. The molecule has 0 saturated heterocycles. The summed E-state index contributed by atoms with van der Waals surface area (Å²) < 4.78 is 5.95. The molecule has 0 aliphatic heterocycles. The highest BCUT2D eigenvalue weighted by atomic mass is 16.5. The SMILES string of the molecule is C=C(OC1CCC[C@H](C(=O)CC)C1)c1ccc(N)cc1. The molecule has 1 aromatic rings. The number of rotatable bonds is 5. The molecule has 108 valence electrons. The number of benzene rings is 1. The highest BCUT2D eigenvalue weighted by Gasteiger charge is 2.27. The Morgan fingerprint density at radius 2 is 2.05 bits per heavy atom. The fraction of sp³-hybridized carbons (Fsp3) is 0.471. The highest BCUT2D eigenvalue weighted by Crippen LogP contribution is 2.30. The van der Waals surface area contributed by atoms with Crippen molar-refractivity contribution in [1.82, 2.24) is 0 Å².